The molecule has 1 saturated heterocycles. The molecule has 1 aliphatic carbocycles. The summed E-state index contributed by atoms with van der Waals surface area (Å²) in [5, 5.41) is 3.78. The highest BCUT2D eigenvalue weighted by atomic mass is 15.2. The van der Waals surface area contributed by atoms with Crippen molar-refractivity contribution in [2.45, 2.75) is 44.1 Å². The fourth-order valence-corrected chi connectivity index (χ4v) is 3.05. The van der Waals surface area contributed by atoms with Gasteiger partial charge in [-0.3, -0.25) is 4.90 Å². The van der Waals surface area contributed by atoms with Crippen LogP contribution in [0.3, 0.4) is 0 Å². The van der Waals surface area contributed by atoms with Gasteiger partial charge in [0.15, 0.2) is 0 Å². The summed E-state index contributed by atoms with van der Waals surface area (Å²) in [6.45, 7) is 4.32. The molecule has 1 N–H and O–H groups in total. The maximum Gasteiger partial charge on any atom is 0.0599 e. The van der Waals surface area contributed by atoms with E-state index in [1.165, 1.54) is 51.6 Å². The molecule has 0 bridgehead atoms. The first-order chi connectivity index (χ1) is 7.35. The van der Waals surface area contributed by atoms with E-state index in [0.717, 1.165) is 13.1 Å². The molecular weight excluding hydrogens is 184 g/mol. The van der Waals surface area contributed by atoms with E-state index in [2.05, 4.69) is 16.1 Å². The highest BCUT2D eigenvalue weighted by Crippen LogP contribution is 2.30. The van der Waals surface area contributed by atoms with Gasteiger partial charge < -0.3 is 5.32 Å². The van der Waals surface area contributed by atoms with Crippen LogP contribution in [0.1, 0.15) is 38.5 Å². The van der Waals surface area contributed by atoms with E-state index in [4.69, 9.17) is 6.42 Å². The molecule has 2 nitrogen and oxygen atoms in total. The average molecular weight is 206 g/mol. The second kappa shape index (κ2) is 5.01. The van der Waals surface area contributed by atoms with Crippen molar-refractivity contribution in [1.82, 2.24) is 10.2 Å². The molecule has 2 aliphatic rings. The summed E-state index contributed by atoms with van der Waals surface area (Å²) in [6.07, 6.45) is 13.5. The Bertz CT molecular complexity index is 235. The molecule has 0 aromatic carbocycles. The van der Waals surface area contributed by atoms with Crippen molar-refractivity contribution in [3.8, 4) is 12.3 Å². The van der Waals surface area contributed by atoms with Crippen LogP contribution >= 0.6 is 0 Å². The zero-order chi connectivity index (χ0) is 10.6. The molecule has 0 atom stereocenters. The number of nitrogens with one attached hydrogen (secondary N) is 1. The summed E-state index contributed by atoms with van der Waals surface area (Å²) in [7, 11) is 0. The van der Waals surface area contributed by atoms with Crippen molar-refractivity contribution in [3.63, 3.8) is 0 Å². The maximum absolute atomic E-state index is 5.42. The van der Waals surface area contributed by atoms with Crippen LogP contribution in [0.15, 0.2) is 0 Å². The quantitative estimate of drug-likeness (QED) is 0.656. The third-order valence-corrected chi connectivity index (χ3v) is 3.80. The Kier molecular flexibility index (Phi) is 3.66. The van der Waals surface area contributed by atoms with Crippen molar-refractivity contribution >= 4 is 0 Å². The van der Waals surface area contributed by atoms with Gasteiger partial charge in [0.25, 0.3) is 0 Å². The van der Waals surface area contributed by atoms with Gasteiger partial charge in [-0.05, 0) is 25.8 Å². The molecule has 0 radical (unpaired) electrons. The standard InChI is InChI=1S/C13H22N2/c1-2-10-15-11-6-9-14-13(12-15)7-4-3-5-8-13/h1,14H,3-12H2. The third kappa shape index (κ3) is 2.74. The van der Waals surface area contributed by atoms with Crippen LogP contribution < -0.4 is 5.32 Å². The van der Waals surface area contributed by atoms with E-state index in [1.54, 1.807) is 0 Å². The molecule has 0 aromatic heterocycles. The van der Waals surface area contributed by atoms with Crippen LogP contribution in [0, 0.1) is 12.3 Å². The Balaban J connectivity index is 2.00. The minimum atomic E-state index is 0.394. The van der Waals surface area contributed by atoms with Crippen molar-refractivity contribution in [3.05, 3.63) is 0 Å². The predicted molar refractivity (Wildman–Crippen MR) is 63.7 cm³/mol. The third-order valence-electron chi connectivity index (χ3n) is 3.80. The van der Waals surface area contributed by atoms with E-state index in [1.807, 2.05) is 0 Å². The molecule has 1 heterocycles. The maximum atomic E-state index is 5.42. The largest absolute Gasteiger partial charge is 0.310 e. The second-order valence-electron chi connectivity index (χ2n) is 5.04. The zero-order valence-corrected chi connectivity index (χ0v) is 9.60. The summed E-state index contributed by atoms with van der Waals surface area (Å²) in [4.78, 5) is 2.45. The zero-order valence-electron chi connectivity index (χ0n) is 9.60. The van der Waals surface area contributed by atoms with E-state index < -0.39 is 0 Å². The Hall–Kier alpha value is -0.520. The van der Waals surface area contributed by atoms with Gasteiger partial charge in [-0.1, -0.05) is 25.2 Å². The van der Waals surface area contributed by atoms with E-state index >= 15 is 0 Å². The fraction of sp³-hybridized carbons (Fsp3) is 0.846. The highest BCUT2D eigenvalue weighted by molar-refractivity contribution is 4.98. The van der Waals surface area contributed by atoms with E-state index in [0.29, 0.717) is 5.54 Å². The van der Waals surface area contributed by atoms with Crippen molar-refractivity contribution in [2.75, 3.05) is 26.2 Å². The first-order valence-electron chi connectivity index (χ1n) is 6.26. The second-order valence-corrected chi connectivity index (χ2v) is 5.04. The number of rotatable bonds is 1. The molecular formula is C13H22N2. The van der Waals surface area contributed by atoms with Gasteiger partial charge in [-0.15, -0.1) is 6.42 Å². The lowest BCUT2D eigenvalue weighted by atomic mass is 9.81. The topological polar surface area (TPSA) is 15.3 Å². The van der Waals surface area contributed by atoms with Gasteiger partial charge >= 0.3 is 0 Å². The molecule has 15 heavy (non-hydrogen) atoms. The first kappa shape index (κ1) is 11.0. The molecule has 0 aromatic rings. The van der Waals surface area contributed by atoms with Gasteiger partial charge in [0.05, 0.1) is 6.54 Å². The summed E-state index contributed by atoms with van der Waals surface area (Å²) < 4.78 is 0. The molecule has 1 spiro atoms. The number of nitrogens with zero attached hydrogens (tertiary/aromatic N) is 1. The van der Waals surface area contributed by atoms with Crippen LogP contribution in [0.4, 0.5) is 0 Å². The molecule has 0 amide bonds. The normalized spacial score (nSPS) is 27.1. The number of hydrogen-bond donors (Lipinski definition) is 1. The van der Waals surface area contributed by atoms with Gasteiger partial charge in [0.2, 0.25) is 0 Å². The lowest BCUT2D eigenvalue weighted by molar-refractivity contribution is 0.175. The SMILES string of the molecule is C#CCN1CCCNC2(CCCCC2)C1. The van der Waals surface area contributed by atoms with Crippen LogP contribution in [0.5, 0.6) is 0 Å². The van der Waals surface area contributed by atoms with Gasteiger partial charge in [0.1, 0.15) is 0 Å². The summed E-state index contributed by atoms with van der Waals surface area (Å²) >= 11 is 0. The highest BCUT2D eigenvalue weighted by Gasteiger charge is 2.34. The molecule has 2 fully saturated rings. The van der Waals surface area contributed by atoms with Gasteiger partial charge in [-0.25, -0.2) is 0 Å². The van der Waals surface area contributed by atoms with Crippen molar-refractivity contribution in [1.29, 1.82) is 0 Å². The molecule has 1 aliphatic heterocycles. The summed E-state index contributed by atoms with van der Waals surface area (Å²) in [5.74, 6) is 2.79. The number of hydrogen-bond acceptors (Lipinski definition) is 2. The van der Waals surface area contributed by atoms with E-state index in [9.17, 15) is 0 Å². The van der Waals surface area contributed by atoms with Gasteiger partial charge in [-0.2, -0.15) is 0 Å². The first-order valence-corrected chi connectivity index (χ1v) is 6.26. The summed E-state index contributed by atoms with van der Waals surface area (Å²) in [5.41, 5.74) is 0.394. The van der Waals surface area contributed by atoms with Crippen LogP contribution in [-0.2, 0) is 0 Å². The van der Waals surface area contributed by atoms with Crippen molar-refractivity contribution in [2.24, 2.45) is 0 Å². The summed E-state index contributed by atoms with van der Waals surface area (Å²) in [6, 6.07) is 0. The average Bonchev–Trinajstić information content (AvgIpc) is 2.43. The lowest BCUT2D eigenvalue weighted by Crippen LogP contribution is -2.52. The molecule has 84 valence electrons. The minimum Gasteiger partial charge on any atom is -0.310 e. The Morgan fingerprint density at radius 1 is 1.20 bits per heavy atom. The minimum absolute atomic E-state index is 0.394. The molecule has 0 unspecified atom stereocenters. The number of terminal acetylenes is 1. The Labute approximate surface area is 93.4 Å². The Morgan fingerprint density at radius 3 is 2.73 bits per heavy atom. The molecule has 2 rings (SSSR count). The monoisotopic (exact) mass is 206 g/mol. The van der Waals surface area contributed by atoms with Gasteiger partial charge in [0, 0.05) is 18.6 Å². The smallest absolute Gasteiger partial charge is 0.0599 e. The molecule has 2 heteroatoms. The predicted octanol–water partition coefficient (Wildman–Crippen LogP) is 1.62. The van der Waals surface area contributed by atoms with Crippen LogP contribution in [0.2, 0.25) is 0 Å². The fourth-order valence-electron chi connectivity index (χ4n) is 3.05. The molecule has 1 saturated carbocycles. The van der Waals surface area contributed by atoms with Crippen LogP contribution in [-0.4, -0.2) is 36.6 Å². The lowest BCUT2D eigenvalue weighted by Gasteiger charge is -2.39. The van der Waals surface area contributed by atoms with Crippen LogP contribution in [0.25, 0.3) is 0 Å². The Morgan fingerprint density at radius 2 is 2.00 bits per heavy atom. The van der Waals surface area contributed by atoms with Crippen molar-refractivity contribution < 1.29 is 0 Å². The van der Waals surface area contributed by atoms with E-state index in [-0.39, 0.29) is 0 Å².